The molecule has 20 heavy (non-hydrogen) atoms. The van der Waals surface area contributed by atoms with Crippen LogP contribution in [0.5, 0.6) is 0 Å². The summed E-state index contributed by atoms with van der Waals surface area (Å²) < 4.78 is 0. The normalized spacial score (nSPS) is 13.6. The van der Waals surface area contributed by atoms with E-state index in [1.54, 1.807) is 25.1 Å². The molecule has 1 rings (SSSR count). The molecule has 0 heterocycles. The second-order valence-corrected chi connectivity index (χ2v) is 5.25. The highest BCUT2D eigenvalue weighted by Gasteiger charge is 2.22. The van der Waals surface area contributed by atoms with Gasteiger partial charge in [-0.1, -0.05) is 24.6 Å². The Morgan fingerprint density at radius 3 is 2.45 bits per heavy atom. The molecule has 6 heteroatoms. The zero-order valence-electron chi connectivity index (χ0n) is 11.4. The van der Waals surface area contributed by atoms with E-state index < -0.39 is 18.0 Å². The maximum absolute atomic E-state index is 12.4. The highest BCUT2D eigenvalue weighted by Crippen LogP contribution is 2.14. The van der Waals surface area contributed by atoms with Crippen LogP contribution in [0.2, 0.25) is 5.02 Å². The predicted molar refractivity (Wildman–Crippen MR) is 75.8 cm³/mol. The molecule has 0 fully saturated rings. The van der Waals surface area contributed by atoms with E-state index in [1.807, 2.05) is 0 Å². The molecule has 0 saturated carbocycles. The van der Waals surface area contributed by atoms with Crippen molar-refractivity contribution in [3.05, 3.63) is 34.9 Å². The van der Waals surface area contributed by atoms with Gasteiger partial charge in [-0.15, -0.1) is 0 Å². The van der Waals surface area contributed by atoms with Gasteiger partial charge in [-0.2, -0.15) is 0 Å². The Morgan fingerprint density at radius 2 is 1.95 bits per heavy atom. The molecule has 1 aromatic rings. The van der Waals surface area contributed by atoms with Crippen molar-refractivity contribution in [3.63, 3.8) is 0 Å². The average Bonchev–Trinajstić information content (AvgIpc) is 2.36. The predicted octanol–water partition coefficient (Wildman–Crippen LogP) is 1.88. The maximum atomic E-state index is 12.4. The van der Waals surface area contributed by atoms with Crippen LogP contribution in [0.15, 0.2) is 24.3 Å². The summed E-state index contributed by atoms with van der Waals surface area (Å²) in [5.41, 5.74) is 0.371. The van der Waals surface area contributed by atoms with Crippen molar-refractivity contribution < 1.29 is 19.8 Å². The molecular formula is C14H18ClNO4. The topological polar surface area (TPSA) is 77.8 Å². The summed E-state index contributed by atoms with van der Waals surface area (Å²) in [4.78, 5) is 24.6. The largest absolute Gasteiger partial charge is 0.481 e. The third kappa shape index (κ3) is 4.83. The van der Waals surface area contributed by atoms with Gasteiger partial charge in [0.15, 0.2) is 0 Å². The number of aliphatic hydroxyl groups is 1. The molecule has 1 aromatic carbocycles. The van der Waals surface area contributed by atoms with Gasteiger partial charge in [0.2, 0.25) is 0 Å². The fourth-order valence-corrected chi connectivity index (χ4v) is 1.96. The second kappa shape index (κ2) is 7.26. The van der Waals surface area contributed by atoms with Crippen molar-refractivity contribution in [1.82, 2.24) is 4.90 Å². The van der Waals surface area contributed by atoms with Gasteiger partial charge in [-0.3, -0.25) is 9.59 Å². The second-order valence-electron chi connectivity index (χ2n) is 4.81. The summed E-state index contributed by atoms with van der Waals surface area (Å²) in [6, 6.07) is 6.42. The first-order chi connectivity index (χ1) is 9.31. The Kier molecular flexibility index (Phi) is 5.98. The number of hydrogen-bond donors (Lipinski definition) is 2. The number of nitrogens with zero attached hydrogens (tertiary/aromatic N) is 1. The summed E-state index contributed by atoms with van der Waals surface area (Å²) in [6.45, 7) is 3.17. The Bertz CT molecular complexity index is 490. The number of benzene rings is 1. The molecule has 1 amide bonds. The SMILES string of the molecule is CC(O)CN(CC(C)C(=O)O)C(=O)c1cccc(Cl)c1. The van der Waals surface area contributed by atoms with Crippen LogP contribution in [-0.2, 0) is 4.79 Å². The van der Waals surface area contributed by atoms with E-state index in [2.05, 4.69) is 0 Å². The molecular weight excluding hydrogens is 282 g/mol. The highest BCUT2D eigenvalue weighted by atomic mass is 35.5. The molecule has 0 aliphatic heterocycles. The van der Waals surface area contributed by atoms with Crippen LogP contribution < -0.4 is 0 Å². The van der Waals surface area contributed by atoms with Gasteiger partial charge < -0.3 is 15.1 Å². The molecule has 0 bridgehead atoms. The molecule has 5 nitrogen and oxygen atoms in total. The van der Waals surface area contributed by atoms with Gasteiger partial charge in [-0.05, 0) is 25.1 Å². The molecule has 2 N–H and O–H groups in total. The number of carboxylic acid groups (broad SMARTS) is 1. The molecule has 0 aromatic heterocycles. The van der Waals surface area contributed by atoms with Gasteiger partial charge in [0.05, 0.1) is 12.0 Å². The summed E-state index contributed by atoms with van der Waals surface area (Å²) in [6.07, 6.45) is -0.737. The van der Waals surface area contributed by atoms with Crippen molar-refractivity contribution in [2.24, 2.45) is 5.92 Å². The monoisotopic (exact) mass is 299 g/mol. The Balaban J connectivity index is 2.92. The fraction of sp³-hybridized carbons (Fsp3) is 0.429. The van der Waals surface area contributed by atoms with Crippen molar-refractivity contribution in [1.29, 1.82) is 0 Å². The average molecular weight is 300 g/mol. The van der Waals surface area contributed by atoms with Gasteiger partial charge >= 0.3 is 5.97 Å². The van der Waals surface area contributed by atoms with E-state index in [4.69, 9.17) is 16.7 Å². The minimum atomic E-state index is -0.987. The zero-order chi connectivity index (χ0) is 15.3. The third-order valence-corrected chi connectivity index (χ3v) is 2.99. The number of rotatable bonds is 6. The lowest BCUT2D eigenvalue weighted by Gasteiger charge is -2.26. The number of carbonyl (C=O) groups excluding carboxylic acids is 1. The lowest BCUT2D eigenvalue weighted by molar-refractivity contribution is -0.141. The summed E-state index contributed by atoms with van der Waals surface area (Å²) in [5, 5.41) is 18.8. The summed E-state index contributed by atoms with van der Waals surface area (Å²) in [7, 11) is 0. The number of carboxylic acids is 1. The van der Waals surface area contributed by atoms with E-state index in [0.717, 1.165) is 0 Å². The van der Waals surface area contributed by atoms with E-state index >= 15 is 0 Å². The minimum absolute atomic E-state index is 0.0333. The highest BCUT2D eigenvalue weighted by molar-refractivity contribution is 6.30. The minimum Gasteiger partial charge on any atom is -0.481 e. The van der Waals surface area contributed by atoms with Crippen LogP contribution in [-0.4, -0.2) is 46.2 Å². The number of halogens is 1. The quantitative estimate of drug-likeness (QED) is 0.841. The van der Waals surface area contributed by atoms with Gasteiger partial charge in [0, 0.05) is 23.7 Å². The van der Waals surface area contributed by atoms with E-state index in [1.165, 1.54) is 17.9 Å². The fourth-order valence-electron chi connectivity index (χ4n) is 1.77. The molecule has 2 atom stereocenters. The number of aliphatic hydroxyl groups excluding tert-OH is 1. The van der Waals surface area contributed by atoms with Gasteiger partial charge in [-0.25, -0.2) is 0 Å². The molecule has 0 saturated heterocycles. The number of carbonyl (C=O) groups is 2. The number of amides is 1. The molecule has 0 aliphatic rings. The standard InChI is InChI=1S/C14H18ClNO4/c1-9(14(19)20)7-16(8-10(2)17)13(18)11-4-3-5-12(15)6-11/h3-6,9-10,17H,7-8H2,1-2H3,(H,19,20). The van der Waals surface area contributed by atoms with E-state index in [0.29, 0.717) is 10.6 Å². The zero-order valence-corrected chi connectivity index (χ0v) is 12.2. The van der Waals surface area contributed by atoms with E-state index in [9.17, 15) is 14.7 Å². The lowest BCUT2D eigenvalue weighted by atomic mass is 10.1. The maximum Gasteiger partial charge on any atom is 0.308 e. The van der Waals surface area contributed by atoms with Gasteiger partial charge in [0.25, 0.3) is 5.91 Å². The van der Waals surface area contributed by atoms with Crippen LogP contribution in [0.4, 0.5) is 0 Å². The first-order valence-corrected chi connectivity index (χ1v) is 6.64. The lowest BCUT2D eigenvalue weighted by Crippen LogP contribution is -2.40. The Morgan fingerprint density at radius 1 is 1.30 bits per heavy atom. The van der Waals surface area contributed by atoms with Crippen molar-refractivity contribution in [3.8, 4) is 0 Å². The third-order valence-electron chi connectivity index (χ3n) is 2.76. The number of hydrogen-bond acceptors (Lipinski definition) is 3. The van der Waals surface area contributed by atoms with Crippen molar-refractivity contribution >= 4 is 23.5 Å². The first kappa shape index (κ1) is 16.5. The van der Waals surface area contributed by atoms with Crippen molar-refractivity contribution in [2.45, 2.75) is 20.0 Å². The van der Waals surface area contributed by atoms with Crippen LogP contribution in [0, 0.1) is 5.92 Å². The molecule has 110 valence electrons. The number of aliphatic carboxylic acids is 1. The van der Waals surface area contributed by atoms with Crippen molar-refractivity contribution in [2.75, 3.05) is 13.1 Å². The molecule has 2 unspecified atom stereocenters. The summed E-state index contributed by atoms with van der Waals surface area (Å²) in [5.74, 6) is -2.04. The van der Waals surface area contributed by atoms with Crippen LogP contribution in [0.25, 0.3) is 0 Å². The smallest absolute Gasteiger partial charge is 0.308 e. The molecule has 0 spiro atoms. The van der Waals surface area contributed by atoms with Crippen LogP contribution in [0.3, 0.4) is 0 Å². The van der Waals surface area contributed by atoms with E-state index in [-0.39, 0.29) is 19.0 Å². The Hall–Kier alpha value is -1.59. The summed E-state index contributed by atoms with van der Waals surface area (Å²) >= 11 is 5.84. The van der Waals surface area contributed by atoms with Crippen LogP contribution in [0.1, 0.15) is 24.2 Å². The van der Waals surface area contributed by atoms with Crippen LogP contribution >= 0.6 is 11.6 Å². The van der Waals surface area contributed by atoms with Gasteiger partial charge in [0.1, 0.15) is 0 Å². The molecule has 0 aliphatic carbocycles. The first-order valence-electron chi connectivity index (χ1n) is 6.27. The molecule has 0 radical (unpaired) electrons. The Labute approximate surface area is 122 Å².